The highest BCUT2D eigenvalue weighted by atomic mass is 16.5. The monoisotopic (exact) mass is 251 g/mol. The Bertz CT molecular complexity index is 392. The Hall–Kier alpha value is -1.55. The first-order chi connectivity index (χ1) is 8.54. The number of carbonyl (C=O) groups excluding carboxylic acids is 1. The zero-order valence-electron chi connectivity index (χ0n) is 11.2. The van der Waals surface area contributed by atoms with Gasteiger partial charge in [-0.2, -0.15) is 0 Å². The number of aliphatic hydroxyl groups is 1. The molecule has 18 heavy (non-hydrogen) atoms. The number of benzene rings is 1. The van der Waals surface area contributed by atoms with Crippen molar-refractivity contribution in [2.45, 2.75) is 26.3 Å². The quantitative estimate of drug-likeness (QED) is 0.835. The van der Waals surface area contributed by atoms with E-state index in [1.165, 1.54) is 0 Å². The van der Waals surface area contributed by atoms with Crippen LogP contribution in [0.15, 0.2) is 24.3 Å². The maximum absolute atomic E-state index is 11.7. The van der Waals surface area contributed by atoms with E-state index in [1.807, 2.05) is 31.2 Å². The van der Waals surface area contributed by atoms with Gasteiger partial charge in [0.2, 0.25) is 5.91 Å². The van der Waals surface area contributed by atoms with E-state index in [-0.39, 0.29) is 18.6 Å². The number of likely N-dealkylation sites (N-methyl/N-ethyl adjacent to an activating group) is 1. The minimum absolute atomic E-state index is 0.0239. The molecule has 0 spiro atoms. The Morgan fingerprint density at radius 3 is 2.83 bits per heavy atom. The molecule has 0 radical (unpaired) electrons. The SMILES string of the molecule is Cc1cccc(OCCC(=O)N(C)C(C)CO)c1. The number of rotatable bonds is 6. The first kappa shape index (κ1) is 14.5. The van der Waals surface area contributed by atoms with Gasteiger partial charge in [0.1, 0.15) is 5.75 Å². The van der Waals surface area contributed by atoms with E-state index < -0.39 is 0 Å². The van der Waals surface area contributed by atoms with Gasteiger partial charge in [-0.15, -0.1) is 0 Å². The Morgan fingerprint density at radius 1 is 1.50 bits per heavy atom. The van der Waals surface area contributed by atoms with E-state index in [2.05, 4.69) is 0 Å². The Morgan fingerprint density at radius 2 is 2.22 bits per heavy atom. The molecule has 1 amide bonds. The molecule has 0 aliphatic rings. The van der Waals surface area contributed by atoms with Gasteiger partial charge < -0.3 is 14.7 Å². The molecule has 1 aromatic carbocycles. The molecule has 1 aromatic rings. The van der Waals surface area contributed by atoms with Gasteiger partial charge in [-0.1, -0.05) is 12.1 Å². The van der Waals surface area contributed by atoms with Crippen LogP contribution in [0, 0.1) is 6.92 Å². The summed E-state index contributed by atoms with van der Waals surface area (Å²) in [5.74, 6) is 0.755. The number of aliphatic hydroxyl groups excluding tert-OH is 1. The minimum atomic E-state index is -0.156. The second-order valence-electron chi connectivity index (χ2n) is 4.45. The van der Waals surface area contributed by atoms with Crippen LogP contribution in [0.4, 0.5) is 0 Å². The molecule has 100 valence electrons. The van der Waals surface area contributed by atoms with Crippen molar-refractivity contribution in [1.29, 1.82) is 0 Å². The molecule has 4 nitrogen and oxygen atoms in total. The molecule has 1 atom stereocenters. The van der Waals surface area contributed by atoms with Crippen molar-refractivity contribution in [3.63, 3.8) is 0 Å². The van der Waals surface area contributed by atoms with Crippen LogP contribution >= 0.6 is 0 Å². The predicted octanol–water partition coefficient (Wildman–Crippen LogP) is 1.60. The molecule has 0 bridgehead atoms. The van der Waals surface area contributed by atoms with Crippen molar-refractivity contribution in [3.05, 3.63) is 29.8 Å². The van der Waals surface area contributed by atoms with Crippen LogP contribution in [0.25, 0.3) is 0 Å². The van der Waals surface area contributed by atoms with E-state index >= 15 is 0 Å². The summed E-state index contributed by atoms with van der Waals surface area (Å²) in [5.41, 5.74) is 1.13. The molecule has 1 unspecified atom stereocenters. The van der Waals surface area contributed by atoms with Crippen LogP contribution < -0.4 is 4.74 Å². The van der Waals surface area contributed by atoms with Crippen LogP contribution in [-0.2, 0) is 4.79 Å². The van der Waals surface area contributed by atoms with Gasteiger partial charge in [-0.3, -0.25) is 4.79 Å². The standard InChI is InChI=1S/C14H21NO3/c1-11-5-4-6-13(9-11)18-8-7-14(17)15(3)12(2)10-16/h4-6,9,12,16H,7-8,10H2,1-3H3. The summed E-state index contributed by atoms with van der Waals surface area (Å²) in [5, 5.41) is 8.96. The van der Waals surface area contributed by atoms with E-state index in [9.17, 15) is 4.79 Å². The maximum atomic E-state index is 11.7. The summed E-state index contributed by atoms with van der Waals surface area (Å²) in [6.07, 6.45) is 0.314. The number of aryl methyl sites for hydroxylation is 1. The highest BCUT2D eigenvalue weighted by molar-refractivity contribution is 5.76. The second kappa shape index (κ2) is 7.01. The van der Waals surface area contributed by atoms with Crippen molar-refractivity contribution in [2.75, 3.05) is 20.3 Å². The molecular formula is C14H21NO3. The largest absolute Gasteiger partial charge is 0.493 e. The lowest BCUT2D eigenvalue weighted by atomic mass is 10.2. The van der Waals surface area contributed by atoms with Crippen molar-refractivity contribution in [2.24, 2.45) is 0 Å². The van der Waals surface area contributed by atoms with Gasteiger partial charge in [-0.05, 0) is 31.5 Å². The molecule has 0 heterocycles. The average Bonchev–Trinajstić information content (AvgIpc) is 2.36. The van der Waals surface area contributed by atoms with Gasteiger partial charge in [0, 0.05) is 7.05 Å². The third kappa shape index (κ3) is 4.37. The van der Waals surface area contributed by atoms with Crippen LogP contribution in [0.5, 0.6) is 5.75 Å². The maximum Gasteiger partial charge on any atom is 0.226 e. The van der Waals surface area contributed by atoms with E-state index in [0.29, 0.717) is 13.0 Å². The number of carbonyl (C=O) groups is 1. The summed E-state index contributed by atoms with van der Waals surface area (Å²) >= 11 is 0. The number of hydrogen-bond donors (Lipinski definition) is 1. The molecule has 0 aliphatic carbocycles. The number of ether oxygens (including phenoxy) is 1. The Labute approximate surface area is 108 Å². The number of amides is 1. The third-order valence-corrected chi connectivity index (χ3v) is 2.89. The smallest absolute Gasteiger partial charge is 0.226 e. The van der Waals surface area contributed by atoms with E-state index in [0.717, 1.165) is 11.3 Å². The highest BCUT2D eigenvalue weighted by Gasteiger charge is 2.14. The first-order valence-corrected chi connectivity index (χ1v) is 6.10. The Kier molecular flexibility index (Phi) is 5.65. The molecule has 1 rings (SSSR count). The summed E-state index contributed by atoms with van der Waals surface area (Å²) in [6.45, 7) is 4.12. The lowest BCUT2D eigenvalue weighted by molar-refractivity contribution is -0.132. The summed E-state index contributed by atoms with van der Waals surface area (Å²) in [7, 11) is 1.69. The Balaban J connectivity index is 2.36. The van der Waals surface area contributed by atoms with Gasteiger partial charge in [-0.25, -0.2) is 0 Å². The molecule has 0 saturated carbocycles. The number of hydrogen-bond acceptors (Lipinski definition) is 3. The fraction of sp³-hybridized carbons (Fsp3) is 0.500. The summed E-state index contributed by atoms with van der Waals surface area (Å²) in [4.78, 5) is 13.3. The summed E-state index contributed by atoms with van der Waals surface area (Å²) in [6, 6.07) is 7.57. The van der Waals surface area contributed by atoms with Crippen molar-refractivity contribution in [1.82, 2.24) is 4.90 Å². The minimum Gasteiger partial charge on any atom is -0.493 e. The fourth-order valence-corrected chi connectivity index (χ4v) is 1.51. The van der Waals surface area contributed by atoms with Crippen molar-refractivity contribution in [3.8, 4) is 5.75 Å². The number of nitrogens with zero attached hydrogens (tertiary/aromatic N) is 1. The third-order valence-electron chi connectivity index (χ3n) is 2.89. The molecule has 0 fully saturated rings. The predicted molar refractivity (Wildman–Crippen MR) is 70.6 cm³/mol. The van der Waals surface area contributed by atoms with Gasteiger partial charge in [0.15, 0.2) is 0 Å². The van der Waals surface area contributed by atoms with Crippen molar-refractivity contribution < 1.29 is 14.6 Å². The second-order valence-corrected chi connectivity index (χ2v) is 4.45. The normalized spacial score (nSPS) is 12.0. The molecule has 0 saturated heterocycles. The zero-order valence-corrected chi connectivity index (χ0v) is 11.2. The molecule has 4 heteroatoms. The molecular weight excluding hydrogens is 230 g/mol. The average molecular weight is 251 g/mol. The topological polar surface area (TPSA) is 49.8 Å². The molecule has 1 N–H and O–H groups in total. The van der Waals surface area contributed by atoms with Crippen LogP contribution in [0.1, 0.15) is 18.9 Å². The fourth-order valence-electron chi connectivity index (χ4n) is 1.51. The molecule has 0 aliphatic heterocycles. The van der Waals surface area contributed by atoms with Crippen LogP contribution in [0.2, 0.25) is 0 Å². The zero-order chi connectivity index (χ0) is 13.5. The van der Waals surface area contributed by atoms with Crippen molar-refractivity contribution >= 4 is 5.91 Å². The van der Waals surface area contributed by atoms with Gasteiger partial charge in [0.25, 0.3) is 0 Å². The lowest BCUT2D eigenvalue weighted by Gasteiger charge is -2.23. The van der Waals surface area contributed by atoms with Gasteiger partial charge >= 0.3 is 0 Å². The molecule has 0 aromatic heterocycles. The van der Waals surface area contributed by atoms with Gasteiger partial charge in [0.05, 0.1) is 25.7 Å². The lowest BCUT2D eigenvalue weighted by Crippen LogP contribution is -2.37. The first-order valence-electron chi connectivity index (χ1n) is 6.10. The van der Waals surface area contributed by atoms with E-state index in [1.54, 1.807) is 18.9 Å². The van der Waals surface area contributed by atoms with E-state index in [4.69, 9.17) is 9.84 Å². The van der Waals surface area contributed by atoms with Crippen LogP contribution in [0.3, 0.4) is 0 Å². The summed E-state index contributed by atoms with van der Waals surface area (Å²) < 4.78 is 5.51. The van der Waals surface area contributed by atoms with Crippen LogP contribution in [-0.4, -0.2) is 42.2 Å². The highest BCUT2D eigenvalue weighted by Crippen LogP contribution is 2.12.